The van der Waals surface area contributed by atoms with E-state index in [0.29, 0.717) is 12.5 Å². The fourth-order valence-corrected chi connectivity index (χ4v) is 2.98. The summed E-state index contributed by atoms with van der Waals surface area (Å²) in [6.45, 7) is 3.27. The third kappa shape index (κ3) is 3.15. The fraction of sp³-hybridized carbons (Fsp3) is 0.400. The lowest BCUT2D eigenvalue weighted by molar-refractivity contribution is -0.122. The Kier molecular flexibility index (Phi) is 4.05. The van der Waals surface area contributed by atoms with E-state index in [1.165, 1.54) is 5.56 Å². The molecule has 3 rings (SSSR count). The molecule has 110 valence electrons. The van der Waals surface area contributed by atoms with Crippen molar-refractivity contribution in [2.24, 2.45) is 5.92 Å². The van der Waals surface area contributed by atoms with Gasteiger partial charge < -0.3 is 9.88 Å². The minimum Gasteiger partial charge on any atom is -0.349 e. The van der Waals surface area contributed by atoms with Gasteiger partial charge in [0.2, 0.25) is 5.91 Å². The number of carbonyl (C=O) groups excluding carboxylic acids is 1. The fourth-order valence-electron chi connectivity index (χ4n) is 2.57. The number of hydrogen-bond acceptors (Lipinski definition) is 3. The van der Waals surface area contributed by atoms with Gasteiger partial charge in [0.1, 0.15) is 6.33 Å². The minimum atomic E-state index is 0.0808. The normalized spacial score (nSPS) is 20.3. The quantitative estimate of drug-likeness (QED) is 0.902. The number of nitrogens with one attached hydrogen (secondary N) is 1. The van der Waals surface area contributed by atoms with Crippen molar-refractivity contribution in [2.45, 2.75) is 32.4 Å². The van der Waals surface area contributed by atoms with Crippen LogP contribution in [0.4, 0.5) is 0 Å². The van der Waals surface area contributed by atoms with Crippen molar-refractivity contribution in [1.29, 1.82) is 0 Å². The monoisotopic (exact) mass is 348 g/mol. The number of rotatable bonds is 5. The first-order chi connectivity index (χ1) is 10.2. The average molecular weight is 349 g/mol. The molecule has 1 aliphatic rings. The number of benzene rings is 1. The number of amides is 1. The number of carbonyl (C=O) groups is 1. The molecule has 1 saturated carbocycles. The van der Waals surface area contributed by atoms with E-state index in [0.717, 1.165) is 23.3 Å². The van der Waals surface area contributed by atoms with Crippen LogP contribution in [-0.2, 0) is 17.9 Å². The van der Waals surface area contributed by atoms with Crippen LogP contribution in [0.5, 0.6) is 0 Å². The van der Waals surface area contributed by atoms with Crippen LogP contribution < -0.4 is 5.32 Å². The van der Waals surface area contributed by atoms with Crippen molar-refractivity contribution >= 4 is 21.8 Å². The zero-order chi connectivity index (χ0) is 14.8. The van der Waals surface area contributed by atoms with Crippen LogP contribution in [0.15, 0.2) is 35.1 Å². The lowest BCUT2D eigenvalue weighted by atomic mass is 10.1. The Labute approximate surface area is 131 Å². The van der Waals surface area contributed by atoms with Gasteiger partial charge in [0.05, 0.1) is 6.54 Å². The Morgan fingerprint density at radius 3 is 3.14 bits per heavy atom. The Morgan fingerprint density at radius 1 is 1.52 bits per heavy atom. The first-order valence-corrected chi connectivity index (χ1v) is 7.88. The lowest BCUT2D eigenvalue weighted by Gasteiger charge is -2.06. The Bertz CT molecular complexity index is 655. The molecule has 1 amide bonds. The lowest BCUT2D eigenvalue weighted by Crippen LogP contribution is -2.26. The summed E-state index contributed by atoms with van der Waals surface area (Å²) in [5, 5.41) is 10.8. The molecule has 1 N–H and O–H groups in total. The summed E-state index contributed by atoms with van der Waals surface area (Å²) >= 11 is 3.47. The molecule has 1 aromatic heterocycles. The molecule has 0 aliphatic heterocycles. The number of nitrogens with zero attached hydrogens (tertiary/aromatic N) is 3. The zero-order valence-electron chi connectivity index (χ0n) is 11.8. The Morgan fingerprint density at radius 2 is 2.38 bits per heavy atom. The Balaban J connectivity index is 1.56. The van der Waals surface area contributed by atoms with Crippen LogP contribution in [-0.4, -0.2) is 20.7 Å². The van der Waals surface area contributed by atoms with E-state index in [1.807, 2.05) is 23.6 Å². The summed E-state index contributed by atoms with van der Waals surface area (Å²) < 4.78 is 2.99. The van der Waals surface area contributed by atoms with Crippen molar-refractivity contribution in [1.82, 2.24) is 20.1 Å². The van der Waals surface area contributed by atoms with E-state index in [1.54, 1.807) is 6.33 Å². The maximum atomic E-state index is 12.2. The van der Waals surface area contributed by atoms with Gasteiger partial charge in [-0.25, -0.2) is 0 Å². The molecule has 1 heterocycles. The second-order valence-corrected chi connectivity index (χ2v) is 6.17. The molecule has 1 fully saturated rings. The van der Waals surface area contributed by atoms with Gasteiger partial charge in [-0.15, -0.1) is 10.2 Å². The van der Waals surface area contributed by atoms with Gasteiger partial charge >= 0.3 is 0 Å². The molecule has 21 heavy (non-hydrogen) atoms. The van der Waals surface area contributed by atoms with E-state index in [4.69, 9.17) is 0 Å². The second kappa shape index (κ2) is 5.97. The van der Waals surface area contributed by atoms with E-state index in [-0.39, 0.29) is 11.8 Å². The van der Waals surface area contributed by atoms with Gasteiger partial charge in [-0.2, -0.15) is 0 Å². The number of aryl methyl sites for hydroxylation is 1. The van der Waals surface area contributed by atoms with Crippen molar-refractivity contribution in [3.8, 4) is 0 Å². The van der Waals surface area contributed by atoms with Crippen molar-refractivity contribution < 1.29 is 4.79 Å². The molecule has 5 nitrogen and oxygen atoms in total. The van der Waals surface area contributed by atoms with Crippen LogP contribution in [0.25, 0.3) is 0 Å². The molecule has 0 radical (unpaired) electrons. The van der Waals surface area contributed by atoms with Gasteiger partial charge in [0.15, 0.2) is 5.82 Å². The molecule has 2 aromatic rings. The number of aromatic nitrogens is 3. The Hall–Kier alpha value is -1.69. The molecule has 6 heteroatoms. The third-order valence-corrected chi connectivity index (χ3v) is 4.35. The predicted molar refractivity (Wildman–Crippen MR) is 82.5 cm³/mol. The summed E-state index contributed by atoms with van der Waals surface area (Å²) in [7, 11) is 0. The van der Waals surface area contributed by atoms with Gasteiger partial charge in [-0.1, -0.05) is 28.1 Å². The average Bonchev–Trinajstić information content (AvgIpc) is 3.16. The summed E-state index contributed by atoms with van der Waals surface area (Å²) in [4.78, 5) is 12.2. The molecule has 1 aliphatic carbocycles. The number of halogens is 1. The highest BCUT2D eigenvalue weighted by Crippen LogP contribution is 2.47. The smallest absolute Gasteiger partial charge is 0.224 e. The van der Waals surface area contributed by atoms with E-state index >= 15 is 0 Å². The van der Waals surface area contributed by atoms with Crippen LogP contribution >= 0.6 is 15.9 Å². The largest absolute Gasteiger partial charge is 0.349 e. The van der Waals surface area contributed by atoms with Gasteiger partial charge in [-0.3, -0.25) is 4.79 Å². The molecular weight excluding hydrogens is 332 g/mol. The molecule has 0 spiro atoms. The first-order valence-electron chi connectivity index (χ1n) is 7.09. The van der Waals surface area contributed by atoms with E-state index < -0.39 is 0 Å². The molecular formula is C15H17BrN4O. The van der Waals surface area contributed by atoms with Crippen molar-refractivity contribution in [2.75, 3.05) is 0 Å². The van der Waals surface area contributed by atoms with Crippen LogP contribution in [0.3, 0.4) is 0 Å². The molecule has 2 atom stereocenters. The van der Waals surface area contributed by atoms with Crippen LogP contribution in [0.1, 0.15) is 30.7 Å². The molecule has 0 bridgehead atoms. The summed E-state index contributed by atoms with van der Waals surface area (Å²) in [5.41, 5.74) is 1.22. The standard InChI is InChI=1S/C15H17BrN4O/c1-2-20-9-18-19-14(20)8-17-15(21)13-7-12(13)10-4-3-5-11(16)6-10/h3-6,9,12-13H,2,7-8H2,1H3,(H,17,21)/t12-,13+/m1/s1. The highest BCUT2D eigenvalue weighted by atomic mass is 79.9. The predicted octanol–water partition coefficient (Wildman–Crippen LogP) is 2.48. The maximum absolute atomic E-state index is 12.2. The highest BCUT2D eigenvalue weighted by molar-refractivity contribution is 9.10. The molecule has 1 aromatic carbocycles. The molecule has 0 saturated heterocycles. The highest BCUT2D eigenvalue weighted by Gasteiger charge is 2.43. The second-order valence-electron chi connectivity index (χ2n) is 5.25. The maximum Gasteiger partial charge on any atom is 0.224 e. The van der Waals surface area contributed by atoms with Crippen molar-refractivity contribution in [3.63, 3.8) is 0 Å². The third-order valence-electron chi connectivity index (χ3n) is 3.86. The summed E-state index contributed by atoms with van der Waals surface area (Å²) in [5.74, 6) is 1.32. The van der Waals surface area contributed by atoms with Crippen LogP contribution in [0, 0.1) is 5.92 Å². The van der Waals surface area contributed by atoms with Crippen molar-refractivity contribution in [3.05, 3.63) is 46.5 Å². The zero-order valence-corrected chi connectivity index (χ0v) is 13.4. The first kappa shape index (κ1) is 14.3. The van der Waals surface area contributed by atoms with E-state index in [9.17, 15) is 4.79 Å². The number of hydrogen-bond donors (Lipinski definition) is 1. The minimum absolute atomic E-state index is 0.0808. The van der Waals surface area contributed by atoms with Crippen LogP contribution in [0.2, 0.25) is 0 Å². The SMILES string of the molecule is CCn1cnnc1CNC(=O)[C@H]1C[C@@H]1c1cccc(Br)c1. The topological polar surface area (TPSA) is 59.8 Å². The molecule has 0 unspecified atom stereocenters. The van der Waals surface area contributed by atoms with Gasteiger partial charge in [0.25, 0.3) is 0 Å². The summed E-state index contributed by atoms with van der Waals surface area (Å²) in [6.07, 6.45) is 2.60. The van der Waals surface area contributed by atoms with Gasteiger partial charge in [0, 0.05) is 16.9 Å². The van der Waals surface area contributed by atoms with E-state index in [2.05, 4.69) is 43.6 Å². The summed E-state index contributed by atoms with van der Waals surface area (Å²) in [6, 6.07) is 8.18. The van der Waals surface area contributed by atoms with Gasteiger partial charge in [-0.05, 0) is 37.0 Å².